The molecule has 0 heteroatoms. The van der Waals surface area contributed by atoms with E-state index in [0.29, 0.717) is 5.41 Å². The predicted octanol–water partition coefficient (Wildman–Crippen LogP) is 7.27. The van der Waals surface area contributed by atoms with Crippen molar-refractivity contribution in [1.29, 1.82) is 0 Å². The topological polar surface area (TPSA) is 0 Å². The maximum atomic E-state index is 2.45. The first kappa shape index (κ1) is 17.6. The molecule has 0 N–H and O–H groups in total. The molecule has 1 aliphatic rings. The fourth-order valence-corrected chi connectivity index (χ4v) is 5.19. The molecule has 124 valence electrons. The van der Waals surface area contributed by atoms with E-state index in [0.717, 1.165) is 11.8 Å². The molecule has 0 aromatic heterocycles. The molecule has 0 amide bonds. The first-order chi connectivity index (χ1) is 10.6. The zero-order chi connectivity index (χ0) is 16.0. The standard InChI is InChI=1S/C22H36/c1-5-9-19-15-21(20-11-8-10-18(4)14-20)17-22(16-19,12-6-2)13-7-3/h8,10-11,14,19,21H,5-7,9,12-13,15-17H2,1-4H3. The molecule has 2 unspecified atom stereocenters. The fourth-order valence-electron chi connectivity index (χ4n) is 5.19. The Labute approximate surface area is 138 Å². The van der Waals surface area contributed by atoms with Crippen LogP contribution >= 0.6 is 0 Å². The summed E-state index contributed by atoms with van der Waals surface area (Å²) in [6, 6.07) is 9.33. The van der Waals surface area contributed by atoms with Gasteiger partial charge in [-0.25, -0.2) is 0 Å². The van der Waals surface area contributed by atoms with Crippen LogP contribution in [0.15, 0.2) is 24.3 Å². The van der Waals surface area contributed by atoms with Gasteiger partial charge >= 0.3 is 0 Å². The Hall–Kier alpha value is -0.780. The number of hydrogen-bond donors (Lipinski definition) is 0. The summed E-state index contributed by atoms with van der Waals surface area (Å²) in [6.45, 7) is 9.35. The molecule has 0 saturated heterocycles. The molecule has 0 heterocycles. The molecule has 0 aliphatic heterocycles. The number of aryl methyl sites for hydroxylation is 1. The maximum Gasteiger partial charge on any atom is -0.0154 e. The van der Waals surface area contributed by atoms with Gasteiger partial charge < -0.3 is 0 Å². The van der Waals surface area contributed by atoms with Crippen molar-refractivity contribution in [1.82, 2.24) is 0 Å². The van der Waals surface area contributed by atoms with Crippen molar-refractivity contribution >= 4 is 0 Å². The number of benzene rings is 1. The maximum absolute atomic E-state index is 2.45. The fraction of sp³-hybridized carbons (Fsp3) is 0.727. The Balaban J connectivity index is 2.25. The monoisotopic (exact) mass is 300 g/mol. The number of rotatable bonds is 7. The lowest BCUT2D eigenvalue weighted by atomic mass is 9.60. The van der Waals surface area contributed by atoms with Gasteiger partial charge in [-0.2, -0.15) is 0 Å². The molecule has 1 saturated carbocycles. The summed E-state index contributed by atoms with van der Waals surface area (Å²) in [5, 5.41) is 0. The summed E-state index contributed by atoms with van der Waals surface area (Å²) in [5.74, 6) is 1.74. The predicted molar refractivity (Wildman–Crippen MR) is 98.4 cm³/mol. The molecule has 0 bridgehead atoms. The van der Waals surface area contributed by atoms with Crippen LogP contribution in [0, 0.1) is 18.3 Å². The van der Waals surface area contributed by atoms with E-state index in [1.165, 1.54) is 63.4 Å². The van der Waals surface area contributed by atoms with E-state index in [1.54, 1.807) is 5.56 Å². The Morgan fingerprint density at radius 2 is 1.73 bits per heavy atom. The minimum atomic E-state index is 0.621. The van der Waals surface area contributed by atoms with Gasteiger partial charge in [0, 0.05) is 0 Å². The zero-order valence-corrected chi connectivity index (χ0v) is 15.3. The molecular weight excluding hydrogens is 264 g/mol. The number of hydrogen-bond acceptors (Lipinski definition) is 0. The molecule has 0 spiro atoms. The van der Waals surface area contributed by atoms with Crippen molar-refractivity contribution < 1.29 is 0 Å². The zero-order valence-electron chi connectivity index (χ0n) is 15.3. The molecule has 22 heavy (non-hydrogen) atoms. The van der Waals surface area contributed by atoms with E-state index in [-0.39, 0.29) is 0 Å². The lowest BCUT2D eigenvalue weighted by Gasteiger charge is -2.45. The summed E-state index contributed by atoms with van der Waals surface area (Å²) in [4.78, 5) is 0. The smallest absolute Gasteiger partial charge is 0.0154 e. The average Bonchev–Trinajstić information content (AvgIpc) is 2.48. The second-order valence-electron chi connectivity index (χ2n) is 7.91. The Morgan fingerprint density at radius 3 is 2.32 bits per heavy atom. The first-order valence-corrected chi connectivity index (χ1v) is 9.69. The minimum Gasteiger partial charge on any atom is -0.0654 e. The van der Waals surface area contributed by atoms with Crippen molar-refractivity contribution in [2.75, 3.05) is 0 Å². The van der Waals surface area contributed by atoms with Crippen LogP contribution in [0.2, 0.25) is 0 Å². The highest BCUT2D eigenvalue weighted by Gasteiger charge is 2.39. The van der Waals surface area contributed by atoms with Gasteiger partial charge in [0.1, 0.15) is 0 Å². The summed E-state index contributed by atoms with van der Waals surface area (Å²) < 4.78 is 0. The molecule has 1 aromatic carbocycles. The molecule has 2 rings (SSSR count). The minimum absolute atomic E-state index is 0.621. The van der Waals surface area contributed by atoms with E-state index in [2.05, 4.69) is 52.0 Å². The molecule has 1 aromatic rings. The average molecular weight is 301 g/mol. The highest BCUT2D eigenvalue weighted by Crippen LogP contribution is 2.52. The quantitative estimate of drug-likeness (QED) is 0.497. The molecule has 0 nitrogen and oxygen atoms in total. The van der Waals surface area contributed by atoms with Gasteiger partial charge in [0.15, 0.2) is 0 Å². The lowest BCUT2D eigenvalue weighted by Crippen LogP contribution is -2.32. The van der Waals surface area contributed by atoms with Gasteiger partial charge in [0.2, 0.25) is 0 Å². The molecular formula is C22H36. The SMILES string of the molecule is CCCC1CC(c2cccc(C)c2)CC(CCC)(CCC)C1. The van der Waals surface area contributed by atoms with Crippen LogP contribution < -0.4 is 0 Å². The molecule has 1 aliphatic carbocycles. The van der Waals surface area contributed by atoms with Gasteiger partial charge in [0.05, 0.1) is 0 Å². The van der Waals surface area contributed by atoms with Gasteiger partial charge in [-0.15, -0.1) is 0 Å². The summed E-state index contributed by atoms with van der Waals surface area (Å²) in [7, 11) is 0. The van der Waals surface area contributed by atoms with Gasteiger partial charge in [0.25, 0.3) is 0 Å². The van der Waals surface area contributed by atoms with E-state index in [1.807, 2.05) is 0 Å². The van der Waals surface area contributed by atoms with Crippen molar-refractivity contribution in [3.63, 3.8) is 0 Å². The summed E-state index contributed by atoms with van der Waals surface area (Å²) >= 11 is 0. The van der Waals surface area contributed by atoms with Gasteiger partial charge in [-0.05, 0) is 61.8 Å². The third-order valence-electron chi connectivity index (χ3n) is 5.79. The van der Waals surface area contributed by atoms with E-state index >= 15 is 0 Å². The van der Waals surface area contributed by atoms with Crippen LogP contribution in [0.4, 0.5) is 0 Å². The van der Waals surface area contributed by atoms with E-state index < -0.39 is 0 Å². The van der Waals surface area contributed by atoms with Crippen LogP contribution in [-0.2, 0) is 0 Å². The normalized spacial score (nSPS) is 24.4. The Morgan fingerprint density at radius 1 is 1.00 bits per heavy atom. The van der Waals surface area contributed by atoms with Crippen LogP contribution in [0.5, 0.6) is 0 Å². The molecule has 2 atom stereocenters. The van der Waals surface area contributed by atoms with E-state index in [9.17, 15) is 0 Å². The molecule has 1 fully saturated rings. The second kappa shape index (κ2) is 8.18. The van der Waals surface area contributed by atoms with Crippen molar-refractivity contribution in [2.24, 2.45) is 11.3 Å². The first-order valence-electron chi connectivity index (χ1n) is 9.69. The Kier molecular flexibility index (Phi) is 6.53. The summed E-state index contributed by atoms with van der Waals surface area (Å²) in [5.41, 5.74) is 3.65. The van der Waals surface area contributed by atoms with Crippen LogP contribution in [0.1, 0.15) is 95.6 Å². The third-order valence-corrected chi connectivity index (χ3v) is 5.79. The van der Waals surface area contributed by atoms with E-state index in [4.69, 9.17) is 0 Å². The van der Waals surface area contributed by atoms with Gasteiger partial charge in [-0.1, -0.05) is 76.3 Å². The Bertz CT molecular complexity index is 439. The van der Waals surface area contributed by atoms with Crippen LogP contribution in [0.3, 0.4) is 0 Å². The highest BCUT2D eigenvalue weighted by atomic mass is 14.4. The van der Waals surface area contributed by atoms with Crippen molar-refractivity contribution in [3.05, 3.63) is 35.4 Å². The van der Waals surface area contributed by atoms with Crippen molar-refractivity contribution in [2.45, 2.75) is 91.4 Å². The second-order valence-corrected chi connectivity index (χ2v) is 7.91. The van der Waals surface area contributed by atoms with Gasteiger partial charge in [-0.3, -0.25) is 0 Å². The third kappa shape index (κ3) is 4.37. The largest absolute Gasteiger partial charge is 0.0654 e. The van der Waals surface area contributed by atoms with Crippen LogP contribution in [-0.4, -0.2) is 0 Å². The summed E-state index contributed by atoms with van der Waals surface area (Å²) in [6.07, 6.45) is 12.7. The van der Waals surface area contributed by atoms with Crippen LogP contribution in [0.25, 0.3) is 0 Å². The van der Waals surface area contributed by atoms with Crippen molar-refractivity contribution in [3.8, 4) is 0 Å². The highest BCUT2D eigenvalue weighted by molar-refractivity contribution is 5.26. The lowest BCUT2D eigenvalue weighted by molar-refractivity contribution is 0.0904. The molecule has 0 radical (unpaired) electrons.